The maximum absolute atomic E-state index is 13.4. The van der Waals surface area contributed by atoms with Gasteiger partial charge in [0, 0.05) is 44.5 Å². The minimum atomic E-state index is -3.79. The van der Waals surface area contributed by atoms with Gasteiger partial charge in [-0.05, 0) is 24.1 Å². The molecule has 1 aromatic carbocycles. The van der Waals surface area contributed by atoms with Gasteiger partial charge in [-0.25, -0.2) is 12.7 Å². The molecule has 0 spiro atoms. The molecule has 2 amide bonds. The molecule has 36 heavy (non-hydrogen) atoms. The molecule has 10 nitrogen and oxygen atoms in total. The van der Waals surface area contributed by atoms with Gasteiger partial charge in [-0.2, -0.15) is 0 Å². The van der Waals surface area contributed by atoms with Crippen LogP contribution in [0.2, 0.25) is 0 Å². The number of amides is 2. The monoisotopic (exact) mass is 513 g/mol. The average molecular weight is 514 g/mol. The van der Waals surface area contributed by atoms with Crippen LogP contribution in [-0.4, -0.2) is 84.5 Å². The van der Waals surface area contributed by atoms with Gasteiger partial charge in [0.15, 0.2) is 11.5 Å². The first-order chi connectivity index (χ1) is 17.1. The zero-order chi connectivity index (χ0) is 25.6. The van der Waals surface area contributed by atoms with Crippen LogP contribution < -0.4 is 4.90 Å². The van der Waals surface area contributed by atoms with Crippen molar-refractivity contribution in [1.29, 1.82) is 0 Å². The zero-order valence-electron chi connectivity index (χ0n) is 20.7. The molecule has 2 saturated heterocycles. The Hall–Kier alpha value is -3.18. The predicted octanol–water partition coefficient (Wildman–Crippen LogP) is 1.78. The van der Waals surface area contributed by atoms with Crippen LogP contribution >= 0.6 is 0 Å². The average Bonchev–Trinajstić information content (AvgIpc) is 3.53. The van der Waals surface area contributed by atoms with Gasteiger partial charge in [0.25, 0.3) is 5.91 Å². The zero-order valence-corrected chi connectivity index (χ0v) is 21.5. The number of piperazine rings is 1. The third-order valence-electron chi connectivity index (χ3n) is 7.16. The Morgan fingerprint density at radius 3 is 2.47 bits per heavy atom. The van der Waals surface area contributed by atoms with Crippen molar-refractivity contribution >= 4 is 27.5 Å². The molecule has 0 radical (unpaired) electrons. The van der Waals surface area contributed by atoms with E-state index in [1.807, 2.05) is 32.0 Å². The molecule has 0 bridgehead atoms. The van der Waals surface area contributed by atoms with Crippen molar-refractivity contribution < 1.29 is 22.5 Å². The molecule has 0 unspecified atom stereocenters. The number of carbonyl (C=O) groups excluding carboxylic acids is 2. The SMILES string of the molecule is CC(C)[C@H]1C(=O)N(S(C)(=O)=O)C2=CCN(C(=O)c3cc(CN4CCN(c5ccccc5)CC4)on3)[C@@H]21. The van der Waals surface area contributed by atoms with Crippen LogP contribution in [0.3, 0.4) is 0 Å². The molecule has 3 aliphatic heterocycles. The van der Waals surface area contributed by atoms with Crippen molar-refractivity contribution in [3.63, 3.8) is 0 Å². The molecule has 0 N–H and O–H groups in total. The number of anilines is 1. The van der Waals surface area contributed by atoms with Crippen LogP contribution in [-0.2, 0) is 21.4 Å². The second-order valence-corrected chi connectivity index (χ2v) is 11.8. The lowest BCUT2D eigenvalue weighted by Gasteiger charge is -2.35. The number of carbonyl (C=O) groups is 2. The summed E-state index contributed by atoms with van der Waals surface area (Å²) in [5, 5.41) is 4.02. The summed E-state index contributed by atoms with van der Waals surface area (Å²) in [6, 6.07) is 11.3. The highest BCUT2D eigenvalue weighted by Crippen LogP contribution is 2.41. The second kappa shape index (κ2) is 9.36. The summed E-state index contributed by atoms with van der Waals surface area (Å²) < 4.78 is 31.0. The molecule has 3 aliphatic rings. The Kier molecular flexibility index (Phi) is 6.37. The van der Waals surface area contributed by atoms with Gasteiger partial charge in [-0.1, -0.05) is 37.2 Å². The van der Waals surface area contributed by atoms with Crippen molar-refractivity contribution in [3.8, 4) is 0 Å². The van der Waals surface area contributed by atoms with E-state index in [9.17, 15) is 18.0 Å². The Morgan fingerprint density at radius 2 is 1.83 bits per heavy atom. The van der Waals surface area contributed by atoms with Gasteiger partial charge >= 0.3 is 0 Å². The summed E-state index contributed by atoms with van der Waals surface area (Å²) in [4.78, 5) is 32.5. The summed E-state index contributed by atoms with van der Waals surface area (Å²) in [7, 11) is -3.79. The lowest BCUT2D eigenvalue weighted by atomic mass is 9.89. The van der Waals surface area contributed by atoms with E-state index in [0.29, 0.717) is 18.0 Å². The first kappa shape index (κ1) is 24.5. The van der Waals surface area contributed by atoms with Gasteiger partial charge in [0.1, 0.15) is 0 Å². The molecule has 0 saturated carbocycles. The molecule has 11 heteroatoms. The number of hydrogen-bond acceptors (Lipinski definition) is 8. The molecule has 2 atom stereocenters. The topological polar surface area (TPSA) is 107 Å². The fourth-order valence-electron chi connectivity index (χ4n) is 5.44. The van der Waals surface area contributed by atoms with Gasteiger partial charge in [-0.15, -0.1) is 0 Å². The summed E-state index contributed by atoms with van der Waals surface area (Å²) >= 11 is 0. The number of nitrogens with zero attached hydrogens (tertiary/aromatic N) is 5. The lowest BCUT2D eigenvalue weighted by molar-refractivity contribution is -0.128. The first-order valence-electron chi connectivity index (χ1n) is 12.2. The van der Waals surface area contributed by atoms with Crippen LogP contribution in [0.25, 0.3) is 0 Å². The van der Waals surface area contributed by atoms with Crippen LogP contribution in [0.4, 0.5) is 5.69 Å². The van der Waals surface area contributed by atoms with Gasteiger partial charge in [0.05, 0.1) is 30.5 Å². The fourth-order valence-corrected chi connectivity index (χ4v) is 6.45. The van der Waals surface area contributed by atoms with Gasteiger partial charge in [0.2, 0.25) is 15.9 Å². The predicted molar refractivity (Wildman–Crippen MR) is 133 cm³/mol. The maximum Gasteiger partial charge on any atom is 0.276 e. The van der Waals surface area contributed by atoms with E-state index in [4.69, 9.17) is 4.52 Å². The summed E-state index contributed by atoms with van der Waals surface area (Å²) in [6.45, 7) is 8.00. The molecule has 2 fully saturated rings. The Bertz CT molecular complexity index is 1280. The molecular formula is C25H31N5O5S. The molecule has 2 aromatic rings. The van der Waals surface area contributed by atoms with Crippen LogP contribution in [0.15, 0.2) is 52.7 Å². The van der Waals surface area contributed by atoms with Crippen molar-refractivity contribution in [1.82, 2.24) is 19.3 Å². The van der Waals surface area contributed by atoms with Crippen molar-refractivity contribution in [2.24, 2.45) is 11.8 Å². The summed E-state index contributed by atoms with van der Waals surface area (Å²) in [5.74, 6) is -1.04. The van der Waals surface area contributed by atoms with Crippen molar-refractivity contribution in [2.75, 3.05) is 43.9 Å². The number of fused-ring (bicyclic) bond motifs is 1. The molecule has 4 heterocycles. The van der Waals surface area contributed by atoms with Crippen molar-refractivity contribution in [2.45, 2.75) is 26.4 Å². The third-order valence-corrected chi connectivity index (χ3v) is 8.21. The minimum Gasteiger partial charge on any atom is -0.369 e. The highest BCUT2D eigenvalue weighted by Gasteiger charge is 2.55. The quantitative estimate of drug-likeness (QED) is 0.575. The molecule has 5 rings (SSSR count). The highest BCUT2D eigenvalue weighted by molar-refractivity contribution is 7.89. The maximum atomic E-state index is 13.4. The number of hydrogen-bond donors (Lipinski definition) is 0. The Morgan fingerprint density at radius 1 is 1.14 bits per heavy atom. The number of benzene rings is 1. The largest absolute Gasteiger partial charge is 0.369 e. The van der Waals surface area contributed by atoms with Crippen LogP contribution in [0, 0.1) is 11.8 Å². The molecule has 192 valence electrons. The molecule has 1 aromatic heterocycles. The normalized spacial score (nSPS) is 22.9. The van der Waals surface area contributed by atoms with Crippen LogP contribution in [0.1, 0.15) is 30.1 Å². The van der Waals surface area contributed by atoms with E-state index in [2.05, 4.69) is 27.1 Å². The standard InChI is InChI=1S/C25H31N5O5S/c1-17(2)22-23-21(30(25(22)32)36(3,33)34)9-10-29(23)24(31)20-15-19(35-26-20)16-27-11-13-28(14-12-27)18-7-5-4-6-8-18/h4-9,15,17,22-23H,10-14,16H2,1-3H3/t22-,23+/m1/s1. The number of para-hydroxylation sites is 1. The molecule has 0 aliphatic carbocycles. The summed E-state index contributed by atoms with van der Waals surface area (Å²) in [5.41, 5.74) is 1.73. The third kappa shape index (κ3) is 4.41. The van der Waals surface area contributed by atoms with Crippen molar-refractivity contribution in [3.05, 3.63) is 59.6 Å². The van der Waals surface area contributed by atoms with E-state index in [1.165, 1.54) is 10.6 Å². The lowest BCUT2D eigenvalue weighted by Crippen LogP contribution is -2.45. The second-order valence-electron chi connectivity index (χ2n) is 9.94. The fraction of sp³-hybridized carbons (Fsp3) is 0.480. The van der Waals surface area contributed by atoms with E-state index in [-0.39, 0.29) is 24.1 Å². The van der Waals surface area contributed by atoms with Gasteiger partial charge < -0.3 is 14.3 Å². The van der Waals surface area contributed by atoms with E-state index < -0.39 is 27.9 Å². The number of aromatic nitrogens is 1. The molecular weight excluding hydrogens is 482 g/mol. The minimum absolute atomic E-state index is 0.145. The number of sulfonamides is 1. The summed E-state index contributed by atoms with van der Waals surface area (Å²) in [6.07, 6.45) is 2.66. The highest BCUT2D eigenvalue weighted by atomic mass is 32.2. The van der Waals surface area contributed by atoms with E-state index in [1.54, 1.807) is 12.1 Å². The Balaban J connectivity index is 1.25. The first-order valence-corrected chi connectivity index (χ1v) is 14.0. The van der Waals surface area contributed by atoms with E-state index >= 15 is 0 Å². The van der Waals surface area contributed by atoms with E-state index in [0.717, 1.165) is 36.7 Å². The number of rotatable bonds is 6. The smallest absolute Gasteiger partial charge is 0.276 e. The van der Waals surface area contributed by atoms with Gasteiger partial charge in [-0.3, -0.25) is 14.5 Å². The van der Waals surface area contributed by atoms with Crippen LogP contribution in [0.5, 0.6) is 0 Å². The Labute approximate surface area is 211 Å².